The van der Waals surface area contributed by atoms with Crippen LogP contribution in [0.5, 0.6) is 0 Å². The van der Waals surface area contributed by atoms with E-state index in [9.17, 15) is 9.59 Å². The normalized spacial score (nSPS) is 27.2. The van der Waals surface area contributed by atoms with Gasteiger partial charge in [-0.1, -0.05) is 24.6 Å². The van der Waals surface area contributed by atoms with Crippen LogP contribution in [-0.4, -0.2) is 58.1 Å². The number of nitrogens with zero attached hydrogens (tertiary/aromatic N) is 3. The highest BCUT2D eigenvalue weighted by Crippen LogP contribution is 2.29. The van der Waals surface area contributed by atoms with Gasteiger partial charge in [0.1, 0.15) is 0 Å². The van der Waals surface area contributed by atoms with Gasteiger partial charge < -0.3 is 15.1 Å². The Morgan fingerprint density at radius 3 is 2.83 bits per heavy atom. The summed E-state index contributed by atoms with van der Waals surface area (Å²) in [5.74, 6) is 1.40. The van der Waals surface area contributed by atoms with E-state index in [4.69, 9.17) is 4.42 Å². The van der Waals surface area contributed by atoms with Crippen LogP contribution in [0.15, 0.2) is 34.7 Å². The van der Waals surface area contributed by atoms with Gasteiger partial charge in [0, 0.05) is 43.1 Å². The number of carbonyl (C=O) groups is 2. The van der Waals surface area contributed by atoms with Crippen molar-refractivity contribution in [3.05, 3.63) is 36.2 Å². The Morgan fingerprint density at radius 1 is 1.24 bits per heavy atom. The van der Waals surface area contributed by atoms with E-state index < -0.39 is 0 Å². The molecule has 1 saturated carbocycles. The lowest BCUT2D eigenvalue weighted by atomic mass is 9.84. The number of carbonyl (C=O) groups excluding carboxylic acids is 2. The lowest BCUT2D eigenvalue weighted by molar-refractivity contribution is -0.129. The lowest BCUT2D eigenvalue weighted by Gasteiger charge is -2.36. The molecule has 5 rings (SSSR count). The minimum atomic E-state index is -0.211. The Bertz CT molecular complexity index is 895. The molecule has 3 aliphatic rings. The summed E-state index contributed by atoms with van der Waals surface area (Å²) < 4.78 is 5.86. The molecule has 8 nitrogen and oxygen atoms in total. The second-order valence-electron chi connectivity index (χ2n) is 8.25. The van der Waals surface area contributed by atoms with E-state index in [1.807, 2.05) is 30.3 Å². The first kappa shape index (κ1) is 18.3. The number of benzene rings is 1. The van der Waals surface area contributed by atoms with Crippen LogP contribution in [0, 0.1) is 5.92 Å². The fraction of sp³-hybridized carbons (Fsp3) is 0.524. The monoisotopic (exact) mass is 395 g/mol. The smallest absolute Gasteiger partial charge is 0.247 e. The van der Waals surface area contributed by atoms with Gasteiger partial charge in [-0.15, -0.1) is 10.2 Å². The predicted molar refractivity (Wildman–Crippen MR) is 105 cm³/mol. The first-order chi connectivity index (χ1) is 14.2. The van der Waals surface area contributed by atoms with Gasteiger partial charge in [-0.3, -0.25) is 14.5 Å². The zero-order valence-electron chi connectivity index (χ0n) is 16.2. The van der Waals surface area contributed by atoms with Crippen LogP contribution in [0.2, 0.25) is 0 Å². The molecule has 2 saturated heterocycles. The third-order valence-corrected chi connectivity index (χ3v) is 6.34. The topological polar surface area (TPSA) is 100 Å². The van der Waals surface area contributed by atoms with Gasteiger partial charge in [0.05, 0.1) is 6.04 Å². The molecule has 29 heavy (non-hydrogen) atoms. The number of hydrogen-bond donors (Lipinski definition) is 2. The van der Waals surface area contributed by atoms with Crippen LogP contribution >= 0.6 is 0 Å². The summed E-state index contributed by atoms with van der Waals surface area (Å²) >= 11 is 0. The number of nitrogens with one attached hydrogen (secondary N) is 2. The molecule has 8 heteroatoms. The largest absolute Gasteiger partial charge is 0.421 e. The Kier molecular flexibility index (Phi) is 4.79. The lowest BCUT2D eigenvalue weighted by Crippen LogP contribution is -2.58. The van der Waals surface area contributed by atoms with Crippen LogP contribution in [0.1, 0.15) is 31.6 Å². The van der Waals surface area contributed by atoms with E-state index >= 15 is 0 Å². The summed E-state index contributed by atoms with van der Waals surface area (Å²) in [7, 11) is 0. The number of amides is 2. The van der Waals surface area contributed by atoms with Crippen LogP contribution in [-0.2, 0) is 16.0 Å². The number of rotatable bonds is 5. The Morgan fingerprint density at radius 2 is 2.07 bits per heavy atom. The molecular weight excluding hydrogens is 370 g/mol. The van der Waals surface area contributed by atoms with Gasteiger partial charge in [0.25, 0.3) is 0 Å². The van der Waals surface area contributed by atoms with Crippen molar-refractivity contribution in [1.29, 1.82) is 0 Å². The molecule has 2 amide bonds. The van der Waals surface area contributed by atoms with Crippen molar-refractivity contribution in [3.63, 3.8) is 0 Å². The molecule has 3 fully saturated rings. The molecule has 2 N–H and O–H groups in total. The maximum Gasteiger partial charge on any atom is 0.247 e. The molecule has 0 radical (unpaired) electrons. The number of hydrogen-bond acceptors (Lipinski definition) is 6. The third-order valence-electron chi connectivity index (χ3n) is 6.34. The van der Waals surface area contributed by atoms with Crippen molar-refractivity contribution in [1.82, 2.24) is 25.7 Å². The van der Waals surface area contributed by atoms with Crippen molar-refractivity contribution in [2.45, 2.75) is 50.2 Å². The van der Waals surface area contributed by atoms with E-state index in [0.717, 1.165) is 24.8 Å². The highest BCUT2D eigenvalue weighted by atomic mass is 16.4. The maximum absolute atomic E-state index is 12.4. The molecule has 2 aliphatic heterocycles. The van der Waals surface area contributed by atoms with Gasteiger partial charge in [-0.25, -0.2) is 0 Å². The molecule has 152 valence electrons. The molecule has 0 bridgehead atoms. The second-order valence-corrected chi connectivity index (χ2v) is 8.25. The fourth-order valence-electron chi connectivity index (χ4n) is 4.49. The Labute approximate surface area is 169 Å². The van der Waals surface area contributed by atoms with E-state index in [-0.39, 0.29) is 35.9 Å². The van der Waals surface area contributed by atoms with Crippen molar-refractivity contribution < 1.29 is 14.0 Å². The molecule has 0 unspecified atom stereocenters. The van der Waals surface area contributed by atoms with Gasteiger partial charge in [-0.2, -0.15) is 0 Å². The number of piperazine rings is 1. The summed E-state index contributed by atoms with van der Waals surface area (Å²) in [6.45, 7) is 1.22. The SMILES string of the molecule is O=C(N[C@H]1C[C@H]2C(=O)NC[C@@H](Cc3nnc(-c4ccccc4)o3)N2C1)C1CCC1. The van der Waals surface area contributed by atoms with Gasteiger partial charge in [0.15, 0.2) is 0 Å². The number of fused-ring (bicyclic) bond motifs is 1. The summed E-state index contributed by atoms with van der Waals surface area (Å²) in [6.07, 6.45) is 4.32. The van der Waals surface area contributed by atoms with E-state index in [1.165, 1.54) is 0 Å². The zero-order valence-corrected chi connectivity index (χ0v) is 16.2. The molecule has 3 heterocycles. The first-order valence-electron chi connectivity index (χ1n) is 10.4. The van der Waals surface area contributed by atoms with E-state index in [1.54, 1.807) is 0 Å². The predicted octanol–water partition coefficient (Wildman–Crippen LogP) is 1.14. The molecule has 1 aliphatic carbocycles. The fourth-order valence-corrected chi connectivity index (χ4v) is 4.49. The van der Waals surface area contributed by atoms with Crippen LogP contribution in [0.4, 0.5) is 0 Å². The third kappa shape index (κ3) is 3.64. The van der Waals surface area contributed by atoms with Gasteiger partial charge in [0.2, 0.25) is 23.6 Å². The zero-order chi connectivity index (χ0) is 19.8. The quantitative estimate of drug-likeness (QED) is 0.787. The standard InChI is InChI=1S/C21H25N5O3/c27-19(13-7-4-8-13)23-15-9-17-20(28)22-11-16(26(17)12-15)10-18-24-25-21(29-18)14-5-2-1-3-6-14/h1-3,5-6,13,15-17H,4,7-12H2,(H,22,28)(H,23,27)/t15-,16+,17-/m0/s1. The average Bonchev–Trinajstić information content (AvgIpc) is 3.31. The molecule has 0 spiro atoms. The van der Waals surface area contributed by atoms with Crippen molar-refractivity contribution in [2.75, 3.05) is 13.1 Å². The summed E-state index contributed by atoms with van der Waals surface area (Å²) in [6, 6.07) is 9.56. The highest BCUT2D eigenvalue weighted by Gasteiger charge is 2.44. The highest BCUT2D eigenvalue weighted by molar-refractivity contribution is 5.84. The van der Waals surface area contributed by atoms with Gasteiger partial charge in [-0.05, 0) is 31.4 Å². The molecule has 1 aromatic heterocycles. The van der Waals surface area contributed by atoms with Crippen molar-refractivity contribution >= 4 is 11.8 Å². The van der Waals surface area contributed by atoms with Crippen LogP contribution < -0.4 is 10.6 Å². The summed E-state index contributed by atoms with van der Waals surface area (Å²) in [5.41, 5.74) is 0.890. The Hall–Kier alpha value is -2.74. The maximum atomic E-state index is 12.4. The molecule has 1 aromatic carbocycles. The minimum Gasteiger partial charge on any atom is -0.421 e. The van der Waals surface area contributed by atoms with Crippen molar-refractivity contribution in [3.8, 4) is 11.5 Å². The molecule has 3 atom stereocenters. The van der Waals surface area contributed by atoms with Crippen molar-refractivity contribution in [2.24, 2.45) is 5.92 Å². The summed E-state index contributed by atoms with van der Waals surface area (Å²) in [5, 5.41) is 14.5. The van der Waals surface area contributed by atoms with E-state index in [0.29, 0.717) is 37.7 Å². The number of aromatic nitrogens is 2. The first-order valence-corrected chi connectivity index (χ1v) is 10.4. The van der Waals surface area contributed by atoms with Crippen LogP contribution in [0.3, 0.4) is 0 Å². The van der Waals surface area contributed by atoms with Gasteiger partial charge >= 0.3 is 0 Å². The average molecular weight is 395 g/mol. The van der Waals surface area contributed by atoms with E-state index in [2.05, 4.69) is 25.7 Å². The Balaban J connectivity index is 1.25. The van der Waals surface area contributed by atoms with Crippen LogP contribution in [0.25, 0.3) is 11.5 Å². The molecular formula is C21H25N5O3. The second kappa shape index (κ2) is 7.59. The minimum absolute atomic E-state index is 0.0158. The summed E-state index contributed by atoms with van der Waals surface area (Å²) in [4.78, 5) is 26.9. The molecule has 2 aromatic rings.